The summed E-state index contributed by atoms with van der Waals surface area (Å²) in [7, 11) is 3.56. The van der Waals surface area contributed by atoms with Gasteiger partial charge in [0, 0.05) is 66.5 Å². The Kier molecular flexibility index (Phi) is 8.48. The zero-order chi connectivity index (χ0) is 29.9. The Balaban J connectivity index is 1.37. The first-order chi connectivity index (χ1) is 20.1. The monoisotopic (exact) mass is 572 g/mol. The van der Waals surface area contributed by atoms with Crippen molar-refractivity contribution < 1.29 is 22.7 Å². The molecular formula is C33H31F3N4O2. The van der Waals surface area contributed by atoms with Crippen LogP contribution >= 0.6 is 0 Å². The molecule has 6 nitrogen and oxygen atoms in total. The number of aromatic nitrogens is 1. The van der Waals surface area contributed by atoms with Crippen LogP contribution < -0.4 is 10.1 Å². The second-order valence-corrected chi connectivity index (χ2v) is 10.4. The molecule has 42 heavy (non-hydrogen) atoms. The summed E-state index contributed by atoms with van der Waals surface area (Å²) in [6, 6.07) is 16.7. The van der Waals surface area contributed by atoms with E-state index in [4.69, 9.17) is 4.74 Å². The zero-order valence-electron chi connectivity index (χ0n) is 23.7. The standard InChI is InChI=1S/C33H31F3N4O2/c1-22-8-9-24(18-23(22)10-11-25-20-37-32(42-3)29-7-5-4-6-28(25)29)31(41)38-27-13-12-26(30(19-27)33(34,35)36)21-40-16-14-39(2)15-17-40/h4-9,12-13,18-20H,14-17,21H2,1-3H3,(H,38,41). The van der Waals surface area contributed by atoms with Gasteiger partial charge in [0.25, 0.3) is 5.91 Å². The number of benzene rings is 3. The van der Waals surface area contributed by atoms with Crippen LogP contribution in [-0.2, 0) is 12.7 Å². The molecule has 3 aromatic carbocycles. The molecule has 9 heteroatoms. The van der Waals surface area contributed by atoms with E-state index < -0.39 is 17.6 Å². The molecule has 0 bridgehead atoms. The number of carbonyl (C=O) groups is 1. The maximum Gasteiger partial charge on any atom is 0.416 e. The first-order valence-corrected chi connectivity index (χ1v) is 13.6. The third-order valence-corrected chi connectivity index (χ3v) is 7.45. The summed E-state index contributed by atoms with van der Waals surface area (Å²) in [5.74, 6) is 6.26. The van der Waals surface area contributed by atoms with Gasteiger partial charge >= 0.3 is 6.18 Å². The zero-order valence-corrected chi connectivity index (χ0v) is 23.7. The number of likely N-dealkylation sites (N-methyl/N-ethyl adjacent to an activating group) is 1. The van der Waals surface area contributed by atoms with Crippen molar-refractivity contribution in [1.29, 1.82) is 0 Å². The average Bonchev–Trinajstić information content (AvgIpc) is 2.98. The lowest BCUT2D eigenvalue weighted by atomic mass is 10.0. The van der Waals surface area contributed by atoms with Gasteiger partial charge < -0.3 is 15.0 Å². The molecule has 0 radical (unpaired) electrons. The average molecular weight is 573 g/mol. The van der Waals surface area contributed by atoms with Gasteiger partial charge in [-0.05, 0) is 55.4 Å². The summed E-state index contributed by atoms with van der Waals surface area (Å²) in [6.45, 7) is 5.12. The highest BCUT2D eigenvalue weighted by Crippen LogP contribution is 2.35. The van der Waals surface area contributed by atoms with Gasteiger partial charge in [-0.1, -0.05) is 42.2 Å². The van der Waals surface area contributed by atoms with Crippen LogP contribution in [-0.4, -0.2) is 61.0 Å². The number of hydrogen-bond acceptors (Lipinski definition) is 5. The van der Waals surface area contributed by atoms with Gasteiger partial charge in [-0.15, -0.1) is 0 Å². The van der Waals surface area contributed by atoms with Crippen molar-refractivity contribution in [2.24, 2.45) is 0 Å². The van der Waals surface area contributed by atoms with Crippen molar-refractivity contribution in [3.63, 3.8) is 0 Å². The minimum Gasteiger partial charge on any atom is -0.481 e. The number of amides is 1. The molecule has 4 aromatic rings. The van der Waals surface area contributed by atoms with Crippen LogP contribution in [0, 0.1) is 18.8 Å². The molecule has 0 aliphatic carbocycles. The van der Waals surface area contributed by atoms with E-state index in [-0.39, 0.29) is 23.4 Å². The van der Waals surface area contributed by atoms with E-state index in [1.165, 1.54) is 12.1 Å². The van der Waals surface area contributed by atoms with Crippen LogP contribution in [0.1, 0.15) is 38.2 Å². The molecule has 1 aliphatic rings. The van der Waals surface area contributed by atoms with Gasteiger partial charge in [-0.25, -0.2) is 4.98 Å². The first-order valence-electron chi connectivity index (χ1n) is 13.6. The summed E-state index contributed by atoms with van der Waals surface area (Å²) in [5, 5.41) is 4.36. The number of rotatable bonds is 5. The minimum absolute atomic E-state index is 0.0819. The van der Waals surface area contributed by atoms with E-state index in [1.807, 2.05) is 43.1 Å². The summed E-state index contributed by atoms with van der Waals surface area (Å²) in [4.78, 5) is 21.6. The van der Waals surface area contributed by atoms with E-state index in [0.717, 1.165) is 35.5 Å². The van der Waals surface area contributed by atoms with Crippen LogP contribution in [0.2, 0.25) is 0 Å². The number of nitrogens with zero attached hydrogens (tertiary/aromatic N) is 3. The van der Waals surface area contributed by atoms with E-state index in [0.29, 0.717) is 30.1 Å². The predicted molar refractivity (Wildman–Crippen MR) is 158 cm³/mol. The molecule has 1 N–H and O–H groups in total. The Morgan fingerprint density at radius 1 is 0.976 bits per heavy atom. The van der Waals surface area contributed by atoms with Gasteiger partial charge in [0.05, 0.1) is 18.2 Å². The number of ether oxygens (including phenoxy) is 1. The summed E-state index contributed by atoms with van der Waals surface area (Å²) in [6.07, 6.45) is -2.90. The minimum atomic E-state index is -4.55. The topological polar surface area (TPSA) is 57.7 Å². The van der Waals surface area contributed by atoms with Crippen molar-refractivity contribution in [1.82, 2.24) is 14.8 Å². The smallest absolute Gasteiger partial charge is 0.416 e. The number of pyridine rings is 1. The second-order valence-electron chi connectivity index (χ2n) is 10.4. The predicted octanol–water partition coefficient (Wildman–Crippen LogP) is 5.97. The third-order valence-electron chi connectivity index (χ3n) is 7.45. The van der Waals surface area contributed by atoms with Crippen molar-refractivity contribution in [3.05, 3.63) is 100 Å². The first kappa shape index (κ1) is 29.1. The lowest BCUT2D eigenvalue weighted by molar-refractivity contribution is -0.138. The molecule has 1 fully saturated rings. The fraction of sp³-hybridized carbons (Fsp3) is 0.273. The van der Waals surface area contributed by atoms with Crippen LogP contribution in [0.15, 0.2) is 66.9 Å². The molecule has 0 atom stereocenters. The molecular weight excluding hydrogens is 541 g/mol. The summed E-state index contributed by atoms with van der Waals surface area (Å²) < 4.78 is 47.4. The Labute approximate surface area is 243 Å². The number of alkyl halides is 3. The van der Waals surface area contributed by atoms with Crippen LogP contribution in [0.5, 0.6) is 5.88 Å². The van der Waals surface area contributed by atoms with Crippen molar-refractivity contribution in [3.8, 4) is 17.7 Å². The summed E-state index contributed by atoms with van der Waals surface area (Å²) >= 11 is 0. The lowest BCUT2D eigenvalue weighted by Gasteiger charge is -2.33. The molecule has 5 rings (SSSR count). The number of hydrogen-bond donors (Lipinski definition) is 1. The maximum atomic E-state index is 14.0. The lowest BCUT2D eigenvalue weighted by Crippen LogP contribution is -2.44. The van der Waals surface area contributed by atoms with Crippen molar-refractivity contribution >= 4 is 22.4 Å². The molecule has 1 aromatic heterocycles. The fourth-order valence-electron chi connectivity index (χ4n) is 4.97. The van der Waals surface area contributed by atoms with Gasteiger partial charge in [-0.2, -0.15) is 13.2 Å². The van der Waals surface area contributed by atoms with Crippen LogP contribution in [0.25, 0.3) is 10.8 Å². The molecule has 1 saturated heterocycles. The molecule has 216 valence electrons. The van der Waals surface area contributed by atoms with Crippen LogP contribution in [0.4, 0.5) is 18.9 Å². The molecule has 2 heterocycles. The van der Waals surface area contributed by atoms with Gasteiger partial charge in [0.2, 0.25) is 5.88 Å². The van der Waals surface area contributed by atoms with E-state index in [9.17, 15) is 18.0 Å². The number of fused-ring (bicyclic) bond motifs is 1. The number of anilines is 1. The Morgan fingerprint density at radius 2 is 1.69 bits per heavy atom. The van der Waals surface area contributed by atoms with Crippen molar-refractivity contribution in [2.45, 2.75) is 19.6 Å². The number of aryl methyl sites for hydroxylation is 1. The van der Waals surface area contributed by atoms with E-state index in [2.05, 4.69) is 27.0 Å². The molecule has 0 spiro atoms. The molecule has 0 unspecified atom stereocenters. The summed E-state index contributed by atoms with van der Waals surface area (Å²) in [5.41, 5.74) is 2.01. The van der Waals surface area contributed by atoms with Gasteiger partial charge in [0.1, 0.15) is 0 Å². The number of nitrogens with one attached hydrogen (secondary N) is 1. The number of halogens is 3. The second kappa shape index (κ2) is 12.2. The maximum absolute atomic E-state index is 14.0. The van der Waals surface area contributed by atoms with E-state index >= 15 is 0 Å². The van der Waals surface area contributed by atoms with Gasteiger partial charge in [0.15, 0.2) is 0 Å². The number of piperazine rings is 1. The highest BCUT2D eigenvalue weighted by atomic mass is 19.4. The Hall–Kier alpha value is -4.39. The highest BCUT2D eigenvalue weighted by Gasteiger charge is 2.34. The van der Waals surface area contributed by atoms with Crippen LogP contribution in [0.3, 0.4) is 0 Å². The third kappa shape index (κ3) is 6.56. The Morgan fingerprint density at radius 3 is 2.40 bits per heavy atom. The highest BCUT2D eigenvalue weighted by molar-refractivity contribution is 6.04. The van der Waals surface area contributed by atoms with Crippen molar-refractivity contribution in [2.75, 3.05) is 45.7 Å². The number of methoxy groups -OCH3 is 1. The largest absolute Gasteiger partial charge is 0.481 e. The normalized spacial score (nSPS) is 14.3. The van der Waals surface area contributed by atoms with Gasteiger partial charge in [-0.3, -0.25) is 9.69 Å². The van der Waals surface area contributed by atoms with E-state index in [1.54, 1.807) is 31.5 Å². The Bertz CT molecular complexity index is 1680. The SMILES string of the molecule is COc1ncc(C#Cc2cc(C(=O)Nc3ccc(CN4CCN(C)CC4)c(C(F)(F)F)c3)ccc2C)c2ccccc12. The quantitative estimate of drug-likeness (QED) is 0.299. The fourth-order valence-corrected chi connectivity index (χ4v) is 4.97. The molecule has 1 amide bonds. The molecule has 1 aliphatic heterocycles. The number of carbonyl (C=O) groups excluding carboxylic acids is 1. The molecule has 0 saturated carbocycles.